The predicted octanol–water partition coefficient (Wildman–Crippen LogP) is 2.13. The molecule has 0 unspecified atom stereocenters. The second-order valence-corrected chi connectivity index (χ2v) is 5.61. The lowest BCUT2D eigenvalue weighted by Gasteiger charge is -2.13. The van der Waals surface area contributed by atoms with E-state index in [0.717, 1.165) is 22.9 Å². The molecule has 2 rings (SSSR count). The van der Waals surface area contributed by atoms with Gasteiger partial charge in [-0.25, -0.2) is 0 Å². The van der Waals surface area contributed by atoms with Crippen LogP contribution in [0.1, 0.15) is 18.4 Å². The molecule has 0 radical (unpaired) electrons. The number of carbonyl (C=O) groups is 1. The molecule has 0 spiro atoms. The summed E-state index contributed by atoms with van der Waals surface area (Å²) in [6, 6.07) is 7.82. The SMILES string of the molecule is NC(=S)C1(C(=O)NCc2cccc(Br)c2)CC1. The Morgan fingerprint density at radius 1 is 1.53 bits per heavy atom. The van der Waals surface area contributed by atoms with Crippen molar-refractivity contribution in [3.05, 3.63) is 34.3 Å². The fraction of sp³-hybridized carbons (Fsp3) is 0.333. The molecular weight excluding hydrogens is 300 g/mol. The summed E-state index contributed by atoms with van der Waals surface area (Å²) < 4.78 is 1.000. The van der Waals surface area contributed by atoms with Crippen molar-refractivity contribution in [3.8, 4) is 0 Å². The molecule has 5 heteroatoms. The summed E-state index contributed by atoms with van der Waals surface area (Å²) in [5.74, 6) is -0.0509. The van der Waals surface area contributed by atoms with Gasteiger partial charge in [0, 0.05) is 11.0 Å². The van der Waals surface area contributed by atoms with Crippen molar-refractivity contribution in [1.82, 2.24) is 5.32 Å². The Labute approximate surface area is 114 Å². The maximum Gasteiger partial charge on any atom is 0.233 e. The van der Waals surface area contributed by atoms with Crippen molar-refractivity contribution in [2.24, 2.45) is 11.1 Å². The predicted molar refractivity (Wildman–Crippen MR) is 74.4 cm³/mol. The lowest BCUT2D eigenvalue weighted by atomic mass is 10.1. The minimum Gasteiger partial charge on any atom is -0.392 e. The van der Waals surface area contributed by atoms with Crippen LogP contribution in [0.2, 0.25) is 0 Å². The highest BCUT2D eigenvalue weighted by molar-refractivity contribution is 9.10. The van der Waals surface area contributed by atoms with E-state index in [-0.39, 0.29) is 5.91 Å². The van der Waals surface area contributed by atoms with Crippen molar-refractivity contribution in [3.63, 3.8) is 0 Å². The molecule has 1 aromatic carbocycles. The van der Waals surface area contributed by atoms with Crippen LogP contribution >= 0.6 is 28.1 Å². The molecule has 0 saturated heterocycles. The lowest BCUT2D eigenvalue weighted by molar-refractivity contribution is -0.124. The van der Waals surface area contributed by atoms with Gasteiger partial charge in [-0.05, 0) is 30.5 Å². The third-order valence-electron chi connectivity index (χ3n) is 3.00. The van der Waals surface area contributed by atoms with Crippen LogP contribution in [-0.2, 0) is 11.3 Å². The molecule has 0 atom stereocenters. The summed E-state index contributed by atoms with van der Waals surface area (Å²) in [6.07, 6.45) is 1.54. The number of benzene rings is 1. The second kappa shape index (κ2) is 4.74. The molecule has 1 aliphatic rings. The summed E-state index contributed by atoms with van der Waals surface area (Å²) >= 11 is 8.32. The molecule has 17 heavy (non-hydrogen) atoms. The van der Waals surface area contributed by atoms with Crippen LogP contribution in [0.4, 0.5) is 0 Å². The van der Waals surface area contributed by atoms with Gasteiger partial charge in [-0.2, -0.15) is 0 Å². The van der Waals surface area contributed by atoms with Gasteiger partial charge in [-0.1, -0.05) is 40.3 Å². The summed E-state index contributed by atoms with van der Waals surface area (Å²) in [4.78, 5) is 12.2. The molecule has 1 amide bonds. The molecule has 3 nitrogen and oxygen atoms in total. The Balaban J connectivity index is 1.95. The van der Waals surface area contributed by atoms with Crippen molar-refractivity contribution < 1.29 is 4.79 Å². The van der Waals surface area contributed by atoms with Crippen LogP contribution < -0.4 is 11.1 Å². The van der Waals surface area contributed by atoms with Gasteiger partial charge in [-0.3, -0.25) is 4.79 Å². The first-order valence-electron chi connectivity index (χ1n) is 5.37. The van der Waals surface area contributed by atoms with Gasteiger partial charge in [0.2, 0.25) is 5.91 Å². The summed E-state index contributed by atoms with van der Waals surface area (Å²) in [5, 5.41) is 2.88. The first-order chi connectivity index (χ1) is 8.04. The van der Waals surface area contributed by atoms with Gasteiger partial charge in [-0.15, -0.1) is 0 Å². The van der Waals surface area contributed by atoms with E-state index < -0.39 is 5.41 Å². The molecule has 0 aliphatic heterocycles. The molecule has 0 heterocycles. The monoisotopic (exact) mass is 312 g/mol. The van der Waals surface area contributed by atoms with E-state index in [9.17, 15) is 4.79 Å². The first-order valence-corrected chi connectivity index (χ1v) is 6.57. The van der Waals surface area contributed by atoms with Gasteiger partial charge < -0.3 is 11.1 Å². The van der Waals surface area contributed by atoms with Gasteiger partial charge in [0.25, 0.3) is 0 Å². The van der Waals surface area contributed by atoms with Crippen LogP contribution in [0.25, 0.3) is 0 Å². The highest BCUT2D eigenvalue weighted by atomic mass is 79.9. The van der Waals surface area contributed by atoms with Crippen molar-refractivity contribution in [2.45, 2.75) is 19.4 Å². The summed E-state index contributed by atoms with van der Waals surface area (Å²) in [5.41, 5.74) is 6.07. The first kappa shape index (κ1) is 12.5. The summed E-state index contributed by atoms with van der Waals surface area (Å²) in [6.45, 7) is 0.503. The van der Waals surface area contributed by atoms with Crippen LogP contribution in [0.5, 0.6) is 0 Å². The summed E-state index contributed by atoms with van der Waals surface area (Å²) in [7, 11) is 0. The number of carbonyl (C=O) groups excluding carboxylic acids is 1. The fourth-order valence-corrected chi connectivity index (χ4v) is 2.45. The normalized spacial score (nSPS) is 16.3. The minimum atomic E-state index is -0.568. The van der Waals surface area contributed by atoms with Crippen LogP contribution in [0, 0.1) is 5.41 Å². The molecule has 90 valence electrons. The largest absolute Gasteiger partial charge is 0.392 e. The van der Waals surface area contributed by atoms with E-state index in [1.807, 2.05) is 24.3 Å². The van der Waals surface area contributed by atoms with E-state index in [0.29, 0.717) is 11.5 Å². The zero-order chi connectivity index (χ0) is 12.5. The van der Waals surface area contributed by atoms with Gasteiger partial charge in [0.05, 0.1) is 10.4 Å². The Kier molecular flexibility index (Phi) is 3.49. The number of hydrogen-bond acceptors (Lipinski definition) is 2. The Bertz CT molecular complexity index is 471. The number of nitrogens with one attached hydrogen (secondary N) is 1. The number of halogens is 1. The maximum absolute atomic E-state index is 11.9. The molecule has 1 aromatic rings. The van der Waals surface area contributed by atoms with Gasteiger partial charge >= 0.3 is 0 Å². The molecule has 1 fully saturated rings. The lowest BCUT2D eigenvalue weighted by Crippen LogP contribution is -2.39. The zero-order valence-corrected chi connectivity index (χ0v) is 11.6. The maximum atomic E-state index is 11.9. The Hall–Kier alpha value is -0.940. The fourth-order valence-electron chi connectivity index (χ4n) is 1.71. The van der Waals surface area contributed by atoms with Crippen molar-refractivity contribution in [2.75, 3.05) is 0 Å². The van der Waals surface area contributed by atoms with E-state index in [1.54, 1.807) is 0 Å². The Morgan fingerprint density at radius 3 is 2.76 bits per heavy atom. The third-order valence-corrected chi connectivity index (χ3v) is 3.88. The van der Waals surface area contributed by atoms with E-state index in [4.69, 9.17) is 18.0 Å². The average molecular weight is 313 g/mol. The smallest absolute Gasteiger partial charge is 0.233 e. The Morgan fingerprint density at radius 2 is 2.24 bits per heavy atom. The molecule has 1 saturated carbocycles. The number of nitrogens with two attached hydrogens (primary N) is 1. The van der Waals surface area contributed by atoms with Gasteiger partial charge in [0.1, 0.15) is 0 Å². The van der Waals surface area contributed by atoms with E-state index in [2.05, 4.69) is 21.2 Å². The number of hydrogen-bond donors (Lipinski definition) is 2. The molecule has 0 bridgehead atoms. The minimum absolute atomic E-state index is 0.0509. The molecule has 3 N–H and O–H groups in total. The molecule has 0 aromatic heterocycles. The van der Waals surface area contributed by atoms with Crippen LogP contribution in [0.3, 0.4) is 0 Å². The van der Waals surface area contributed by atoms with Crippen LogP contribution in [-0.4, -0.2) is 10.9 Å². The quantitative estimate of drug-likeness (QED) is 0.837. The van der Waals surface area contributed by atoms with Crippen LogP contribution in [0.15, 0.2) is 28.7 Å². The third kappa shape index (κ3) is 2.66. The zero-order valence-electron chi connectivity index (χ0n) is 9.20. The highest BCUT2D eigenvalue weighted by Crippen LogP contribution is 2.46. The topological polar surface area (TPSA) is 55.1 Å². The van der Waals surface area contributed by atoms with E-state index in [1.165, 1.54) is 0 Å². The average Bonchev–Trinajstić information content (AvgIpc) is 3.07. The number of thiocarbonyl (C=S) groups is 1. The molecular formula is C12H13BrN2OS. The number of rotatable bonds is 4. The number of amides is 1. The van der Waals surface area contributed by atoms with Crippen molar-refractivity contribution >= 4 is 39.0 Å². The van der Waals surface area contributed by atoms with Crippen molar-refractivity contribution in [1.29, 1.82) is 0 Å². The van der Waals surface area contributed by atoms with E-state index >= 15 is 0 Å². The molecule has 1 aliphatic carbocycles. The van der Waals surface area contributed by atoms with Gasteiger partial charge in [0.15, 0.2) is 0 Å². The standard InChI is InChI=1S/C12H13BrN2OS/c13-9-3-1-2-8(6-9)7-15-11(16)12(4-5-12)10(14)17/h1-3,6H,4-5,7H2,(H2,14,17)(H,15,16). The highest BCUT2D eigenvalue weighted by Gasteiger charge is 2.52. The second-order valence-electron chi connectivity index (χ2n) is 4.26.